The highest BCUT2D eigenvalue weighted by atomic mass is 35.5. The summed E-state index contributed by atoms with van der Waals surface area (Å²) >= 11 is 5.87. The van der Waals surface area contributed by atoms with E-state index in [4.69, 9.17) is 16.3 Å². The molecule has 3 nitrogen and oxygen atoms in total. The van der Waals surface area contributed by atoms with Crippen molar-refractivity contribution in [2.45, 2.75) is 25.8 Å². The molecule has 4 heteroatoms. The highest BCUT2D eigenvalue weighted by molar-refractivity contribution is 6.30. The van der Waals surface area contributed by atoms with E-state index in [0.717, 1.165) is 35.9 Å². The van der Waals surface area contributed by atoms with Gasteiger partial charge in [0.2, 0.25) is 0 Å². The zero-order valence-electron chi connectivity index (χ0n) is 12.3. The average Bonchev–Trinajstić information content (AvgIpc) is 2.52. The predicted octanol–water partition coefficient (Wildman–Crippen LogP) is 3.72. The first kappa shape index (κ1) is 15.8. The van der Waals surface area contributed by atoms with Gasteiger partial charge >= 0.3 is 0 Å². The Morgan fingerprint density at radius 2 is 2.00 bits per heavy atom. The Kier molecular flexibility index (Phi) is 6.51. The summed E-state index contributed by atoms with van der Waals surface area (Å²) < 4.78 is 5.84. The third-order valence-corrected chi connectivity index (χ3v) is 3.38. The molecule has 0 bridgehead atoms. The summed E-state index contributed by atoms with van der Waals surface area (Å²) in [6.45, 7) is 3.74. The molecule has 112 valence electrons. The molecule has 1 aromatic carbocycles. The van der Waals surface area contributed by atoms with Crippen molar-refractivity contribution in [2.24, 2.45) is 0 Å². The average molecular weight is 305 g/mol. The van der Waals surface area contributed by atoms with Gasteiger partial charge in [-0.1, -0.05) is 24.6 Å². The monoisotopic (exact) mass is 304 g/mol. The summed E-state index contributed by atoms with van der Waals surface area (Å²) in [6.07, 6.45) is 3.78. The number of nitrogens with zero attached hydrogens (tertiary/aromatic N) is 1. The largest absolute Gasteiger partial charge is 0.492 e. The number of nitrogens with one attached hydrogen (secondary N) is 1. The molecule has 0 aliphatic rings. The first-order valence-corrected chi connectivity index (χ1v) is 7.67. The van der Waals surface area contributed by atoms with E-state index in [-0.39, 0.29) is 6.04 Å². The van der Waals surface area contributed by atoms with Gasteiger partial charge in [-0.15, -0.1) is 0 Å². The Hall–Kier alpha value is -1.58. The lowest BCUT2D eigenvalue weighted by atomic mass is 10.1. The van der Waals surface area contributed by atoms with Crippen molar-refractivity contribution in [1.29, 1.82) is 0 Å². The minimum atomic E-state index is 0.246. The van der Waals surface area contributed by atoms with Crippen molar-refractivity contribution < 1.29 is 4.74 Å². The van der Waals surface area contributed by atoms with Crippen molar-refractivity contribution in [3.8, 4) is 5.75 Å². The van der Waals surface area contributed by atoms with Gasteiger partial charge in [-0.05, 0) is 49.4 Å². The van der Waals surface area contributed by atoms with Crippen molar-refractivity contribution in [1.82, 2.24) is 10.3 Å². The molecule has 0 fully saturated rings. The van der Waals surface area contributed by atoms with E-state index in [1.165, 1.54) is 0 Å². The number of hydrogen-bond donors (Lipinski definition) is 1. The lowest BCUT2D eigenvalue weighted by molar-refractivity contribution is 0.262. The zero-order chi connectivity index (χ0) is 14.9. The summed E-state index contributed by atoms with van der Waals surface area (Å²) in [5.74, 6) is 0.837. The summed E-state index contributed by atoms with van der Waals surface area (Å²) in [7, 11) is 0. The summed E-state index contributed by atoms with van der Waals surface area (Å²) in [5.41, 5.74) is 1.07. The van der Waals surface area contributed by atoms with Crippen LogP contribution < -0.4 is 10.1 Å². The highest BCUT2D eigenvalue weighted by Crippen LogP contribution is 2.16. The molecule has 0 saturated heterocycles. The van der Waals surface area contributed by atoms with Crippen molar-refractivity contribution in [3.05, 3.63) is 59.4 Å². The Balaban J connectivity index is 1.91. The first-order valence-electron chi connectivity index (χ1n) is 7.29. The summed E-state index contributed by atoms with van der Waals surface area (Å²) in [5, 5.41) is 4.23. The molecular formula is C17H21ClN2O. The number of aromatic nitrogens is 1. The minimum Gasteiger partial charge on any atom is -0.492 e. The van der Waals surface area contributed by atoms with Gasteiger partial charge in [0, 0.05) is 29.4 Å². The maximum absolute atomic E-state index is 5.87. The fourth-order valence-electron chi connectivity index (χ4n) is 2.04. The Morgan fingerprint density at radius 1 is 1.19 bits per heavy atom. The Labute approximate surface area is 131 Å². The van der Waals surface area contributed by atoms with Crippen LogP contribution in [0.25, 0.3) is 0 Å². The van der Waals surface area contributed by atoms with Crippen molar-refractivity contribution >= 4 is 11.6 Å². The van der Waals surface area contributed by atoms with E-state index in [0.29, 0.717) is 6.61 Å². The molecule has 0 radical (unpaired) electrons. The molecule has 0 amide bonds. The van der Waals surface area contributed by atoms with E-state index < -0.39 is 0 Å². The lowest BCUT2D eigenvalue weighted by Crippen LogP contribution is -2.37. The number of ether oxygens (including phenoxy) is 1. The first-order chi connectivity index (χ1) is 10.3. The third kappa shape index (κ3) is 5.74. The van der Waals surface area contributed by atoms with Crippen LogP contribution in [0.15, 0.2) is 48.7 Å². The lowest BCUT2D eigenvalue weighted by Gasteiger charge is -2.19. The van der Waals surface area contributed by atoms with E-state index in [2.05, 4.69) is 17.2 Å². The number of benzene rings is 1. The second kappa shape index (κ2) is 8.65. The molecule has 0 aliphatic carbocycles. The van der Waals surface area contributed by atoms with Gasteiger partial charge in [-0.25, -0.2) is 0 Å². The number of rotatable bonds is 8. The van der Waals surface area contributed by atoms with Gasteiger partial charge in [0.05, 0.1) is 0 Å². The fraction of sp³-hybridized carbons (Fsp3) is 0.353. The van der Waals surface area contributed by atoms with Crippen molar-refractivity contribution in [3.63, 3.8) is 0 Å². The van der Waals surface area contributed by atoms with Crippen LogP contribution in [0.1, 0.15) is 19.0 Å². The fourth-order valence-corrected chi connectivity index (χ4v) is 2.16. The normalized spacial score (nSPS) is 12.1. The quantitative estimate of drug-likeness (QED) is 0.807. The van der Waals surface area contributed by atoms with E-state index >= 15 is 0 Å². The topological polar surface area (TPSA) is 34.1 Å². The van der Waals surface area contributed by atoms with Gasteiger partial charge < -0.3 is 10.1 Å². The molecule has 1 heterocycles. The molecule has 21 heavy (non-hydrogen) atoms. The van der Waals surface area contributed by atoms with Crippen LogP contribution in [-0.4, -0.2) is 24.2 Å². The molecule has 1 atom stereocenters. The molecule has 0 aliphatic heterocycles. The highest BCUT2D eigenvalue weighted by Gasteiger charge is 2.10. The molecule has 1 unspecified atom stereocenters. The smallest absolute Gasteiger partial charge is 0.119 e. The van der Waals surface area contributed by atoms with Gasteiger partial charge in [0.25, 0.3) is 0 Å². The SMILES string of the molecule is CCCNC(COc1ccc(Cl)cc1)Cc1ccccn1. The maximum atomic E-state index is 5.87. The second-order valence-electron chi connectivity index (χ2n) is 4.94. The van der Waals surface area contributed by atoms with Gasteiger partial charge in [0.1, 0.15) is 12.4 Å². The molecule has 1 aromatic heterocycles. The van der Waals surface area contributed by atoms with E-state index in [1.807, 2.05) is 48.7 Å². The van der Waals surface area contributed by atoms with Crippen LogP contribution in [0, 0.1) is 0 Å². The van der Waals surface area contributed by atoms with E-state index in [9.17, 15) is 0 Å². The van der Waals surface area contributed by atoms with Crippen LogP contribution in [0.4, 0.5) is 0 Å². The number of pyridine rings is 1. The predicted molar refractivity (Wildman–Crippen MR) is 87.0 cm³/mol. The zero-order valence-corrected chi connectivity index (χ0v) is 13.0. The van der Waals surface area contributed by atoms with Crippen LogP contribution >= 0.6 is 11.6 Å². The second-order valence-corrected chi connectivity index (χ2v) is 5.38. The van der Waals surface area contributed by atoms with Gasteiger partial charge in [-0.2, -0.15) is 0 Å². The molecule has 2 aromatic rings. The molecule has 0 saturated carbocycles. The minimum absolute atomic E-state index is 0.246. The molecule has 1 N–H and O–H groups in total. The van der Waals surface area contributed by atoms with Gasteiger partial charge in [-0.3, -0.25) is 4.98 Å². The molecular weight excluding hydrogens is 284 g/mol. The van der Waals surface area contributed by atoms with Crippen LogP contribution in [0.3, 0.4) is 0 Å². The Bertz CT molecular complexity index is 516. The van der Waals surface area contributed by atoms with E-state index in [1.54, 1.807) is 0 Å². The van der Waals surface area contributed by atoms with Crippen molar-refractivity contribution in [2.75, 3.05) is 13.2 Å². The number of hydrogen-bond acceptors (Lipinski definition) is 3. The standard InChI is InChI=1S/C17H21ClN2O/c1-2-10-19-16(12-15-5-3-4-11-20-15)13-21-17-8-6-14(18)7-9-17/h3-9,11,16,19H,2,10,12-13H2,1H3. The van der Waals surface area contributed by atoms with Crippen LogP contribution in [-0.2, 0) is 6.42 Å². The maximum Gasteiger partial charge on any atom is 0.119 e. The third-order valence-electron chi connectivity index (χ3n) is 3.13. The van der Waals surface area contributed by atoms with Crippen LogP contribution in [0.5, 0.6) is 5.75 Å². The van der Waals surface area contributed by atoms with Gasteiger partial charge in [0.15, 0.2) is 0 Å². The Morgan fingerprint density at radius 3 is 2.67 bits per heavy atom. The number of halogens is 1. The summed E-state index contributed by atoms with van der Waals surface area (Å²) in [4.78, 5) is 4.38. The van der Waals surface area contributed by atoms with Crippen LogP contribution in [0.2, 0.25) is 5.02 Å². The summed E-state index contributed by atoms with van der Waals surface area (Å²) in [6, 6.07) is 13.7. The molecule has 2 rings (SSSR count). The molecule has 0 spiro atoms.